The zero-order valence-electron chi connectivity index (χ0n) is 18.8. The number of rotatable bonds is 21. The molecule has 0 saturated carbocycles. The molecule has 0 fully saturated rings. The second kappa shape index (κ2) is 18.5. The minimum Gasteiger partial charge on any atom is -0.379 e. The number of nitrogens with zero attached hydrogens (tertiary/aromatic N) is 1. The van der Waals surface area contributed by atoms with Crippen molar-refractivity contribution in [2.75, 3.05) is 72.6 Å². The van der Waals surface area contributed by atoms with Crippen molar-refractivity contribution >= 4 is 8.80 Å². The maximum Gasteiger partial charge on any atom is 0.501 e. The van der Waals surface area contributed by atoms with E-state index in [-0.39, 0.29) is 0 Å². The van der Waals surface area contributed by atoms with Gasteiger partial charge < -0.3 is 32.4 Å². The zero-order valence-corrected chi connectivity index (χ0v) is 19.8. The lowest BCUT2D eigenvalue weighted by Crippen LogP contribution is -2.48. The van der Waals surface area contributed by atoms with Crippen molar-refractivity contribution in [3.05, 3.63) is 12.3 Å². The first kappa shape index (κ1) is 27.5. The second-order valence-corrected chi connectivity index (χ2v) is 8.97. The van der Waals surface area contributed by atoms with Gasteiger partial charge in [-0.25, -0.2) is 0 Å². The fourth-order valence-corrected chi connectivity index (χ4v) is 5.11. The monoisotopic (exact) mass is 421 g/mol. The SMILES string of the molecule is C=C(C)N(CC)CCC[Si](OCCOCC)(OCCOCC)OCCOCC. The van der Waals surface area contributed by atoms with E-state index in [1.54, 1.807) is 0 Å². The van der Waals surface area contributed by atoms with Crippen LogP contribution in [0.15, 0.2) is 12.3 Å². The molecule has 0 aromatic carbocycles. The number of hydrogen-bond donors (Lipinski definition) is 0. The predicted molar refractivity (Wildman–Crippen MR) is 115 cm³/mol. The summed E-state index contributed by atoms with van der Waals surface area (Å²) >= 11 is 0. The topological polar surface area (TPSA) is 58.6 Å². The van der Waals surface area contributed by atoms with E-state index in [0.29, 0.717) is 59.5 Å². The summed E-state index contributed by atoms with van der Waals surface area (Å²) in [5.41, 5.74) is 1.07. The van der Waals surface area contributed by atoms with Gasteiger partial charge in [0.1, 0.15) is 0 Å². The molecule has 0 aromatic rings. The van der Waals surface area contributed by atoms with Crippen molar-refractivity contribution in [1.82, 2.24) is 4.90 Å². The van der Waals surface area contributed by atoms with Gasteiger partial charge in [0, 0.05) is 44.7 Å². The van der Waals surface area contributed by atoms with Gasteiger partial charge in [-0.2, -0.15) is 0 Å². The van der Waals surface area contributed by atoms with Gasteiger partial charge in [0.15, 0.2) is 0 Å². The Balaban J connectivity index is 4.91. The molecule has 0 bridgehead atoms. The maximum absolute atomic E-state index is 6.19. The second-order valence-electron chi connectivity index (χ2n) is 6.24. The zero-order chi connectivity index (χ0) is 21.1. The van der Waals surface area contributed by atoms with Crippen LogP contribution in [0.1, 0.15) is 41.0 Å². The molecule has 0 N–H and O–H groups in total. The molecular formula is C20H43NO6Si. The fraction of sp³-hybridized carbons (Fsp3) is 0.900. The van der Waals surface area contributed by atoms with Crippen LogP contribution in [0.2, 0.25) is 6.04 Å². The van der Waals surface area contributed by atoms with Crippen LogP contribution >= 0.6 is 0 Å². The highest BCUT2D eigenvalue weighted by atomic mass is 28.4. The van der Waals surface area contributed by atoms with Gasteiger partial charge in [-0.3, -0.25) is 0 Å². The van der Waals surface area contributed by atoms with Crippen molar-refractivity contribution in [2.24, 2.45) is 0 Å². The van der Waals surface area contributed by atoms with Crippen molar-refractivity contribution in [2.45, 2.75) is 47.1 Å². The smallest absolute Gasteiger partial charge is 0.379 e. The first-order valence-corrected chi connectivity index (χ1v) is 12.5. The van der Waals surface area contributed by atoms with Gasteiger partial charge in [0.05, 0.1) is 39.6 Å². The van der Waals surface area contributed by atoms with E-state index in [2.05, 4.69) is 18.4 Å². The van der Waals surface area contributed by atoms with Gasteiger partial charge in [0.2, 0.25) is 0 Å². The summed E-state index contributed by atoms with van der Waals surface area (Å²) in [5, 5.41) is 0. The van der Waals surface area contributed by atoms with Crippen LogP contribution in [-0.4, -0.2) is 86.3 Å². The molecule has 0 atom stereocenters. The summed E-state index contributed by atoms with van der Waals surface area (Å²) in [4.78, 5) is 2.25. The average molecular weight is 422 g/mol. The number of ether oxygens (including phenoxy) is 3. The summed E-state index contributed by atoms with van der Waals surface area (Å²) in [6.07, 6.45) is 0.908. The van der Waals surface area contributed by atoms with Crippen molar-refractivity contribution < 1.29 is 27.5 Å². The lowest BCUT2D eigenvalue weighted by atomic mass is 10.3. The molecule has 28 heavy (non-hydrogen) atoms. The lowest BCUT2D eigenvalue weighted by Gasteiger charge is -2.31. The Hall–Kier alpha value is -0.483. The van der Waals surface area contributed by atoms with E-state index in [4.69, 9.17) is 27.5 Å². The number of allylic oxidation sites excluding steroid dienone is 1. The Kier molecular flexibility index (Phi) is 18.2. The van der Waals surface area contributed by atoms with Crippen LogP contribution in [0, 0.1) is 0 Å². The van der Waals surface area contributed by atoms with Crippen LogP contribution in [0.5, 0.6) is 0 Å². The summed E-state index contributed by atoms with van der Waals surface area (Å²) in [6.45, 7) is 20.9. The molecule has 0 spiro atoms. The molecule has 168 valence electrons. The molecule has 0 unspecified atom stereocenters. The molecular weight excluding hydrogens is 378 g/mol. The van der Waals surface area contributed by atoms with E-state index in [1.165, 1.54) is 0 Å². The van der Waals surface area contributed by atoms with Gasteiger partial charge in [-0.05, 0) is 41.0 Å². The standard InChI is InChI=1S/C20H43NO6Si/c1-7-21(20(5)6)12-11-19-28(25-16-13-22-8-2,26-17-14-23-9-3)27-18-15-24-10-4/h5,7-19H2,1-4,6H3. The van der Waals surface area contributed by atoms with Crippen LogP contribution in [0.25, 0.3) is 0 Å². The third-order valence-corrected chi connectivity index (χ3v) is 6.99. The molecule has 0 heterocycles. The molecule has 0 aliphatic heterocycles. The quantitative estimate of drug-likeness (QED) is 0.208. The summed E-state index contributed by atoms with van der Waals surface area (Å²) in [5.74, 6) is 0. The van der Waals surface area contributed by atoms with E-state index in [0.717, 1.165) is 31.3 Å². The van der Waals surface area contributed by atoms with Crippen molar-refractivity contribution in [3.63, 3.8) is 0 Å². The summed E-state index contributed by atoms with van der Waals surface area (Å²) < 4.78 is 34.8. The highest BCUT2D eigenvalue weighted by Crippen LogP contribution is 2.19. The van der Waals surface area contributed by atoms with Crippen LogP contribution in [0.4, 0.5) is 0 Å². The van der Waals surface area contributed by atoms with Crippen molar-refractivity contribution in [1.29, 1.82) is 0 Å². The van der Waals surface area contributed by atoms with Gasteiger partial charge in [-0.15, -0.1) is 0 Å². The highest BCUT2D eigenvalue weighted by Gasteiger charge is 2.41. The van der Waals surface area contributed by atoms with Crippen LogP contribution in [0.3, 0.4) is 0 Å². The van der Waals surface area contributed by atoms with E-state index >= 15 is 0 Å². The summed E-state index contributed by atoms with van der Waals surface area (Å²) in [6, 6.07) is 0.737. The van der Waals surface area contributed by atoms with E-state index < -0.39 is 8.80 Å². The Morgan fingerprint density at radius 1 is 0.750 bits per heavy atom. The molecule has 7 nitrogen and oxygen atoms in total. The summed E-state index contributed by atoms with van der Waals surface area (Å²) in [7, 11) is -2.86. The Bertz CT molecular complexity index is 341. The fourth-order valence-electron chi connectivity index (χ4n) is 2.65. The number of hydrogen-bond acceptors (Lipinski definition) is 7. The molecule has 8 heteroatoms. The third kappa shape index (κ3) is 13.7. The third-order valence-electron chi connectivity index (χ3n) is 4.09. The van der Waals surface area contributed by atoms with Crippen LogP contribution < -0.4 is 0 Å². The molecule has 0 aliphatic rings. The molecule has 0 rings (SSSR count). The maximum atomic E-state index is 6.19. The van der Waals surface area contributed by atoms with Gasteiger partial charge in [0.25, 0.3) is 0 Å². The van der Waals surface area contributed by atoms with Gasteiger partial charge >= 0.3 is 8.80 Å². The minimum absolute atomic E-state index is 0.460. The largest absolute Gasteiger partial charge is 0.501 e. The molecule has 0 radical (unpaired) electrons. The average Bonchev–Trinajstić information content (AvgIpc) is 2.69. The highest BCUT2D eigenvalue weighted by molar-refractivity contribution is 6.60. The molecule has 0 aliphatic carbocycles. The normalized spacial score (nSPS) is 11.8. The first-order chi connectivity index (χ1) is 13.5. The lowest BCUT2D eigenvalue weighted by molar-refractivity contribution is 0.00304. The van der Waals surface area contributed by atoms with E-state index in [9.17, 15) is 0 Å². The molecule has 0 amide bonds. The van der Waals surface area contributed by atoms with Crippen molar-refractivity contribution in [3.8, 4) is 0 Å². The molecule has 0 aromatic heterocycles. The van der Waals surface area contributed by atoms with Gasteiger partial charge in [-0.1, -0.05) is 6.58 Å². The predicted octanol–water partition coefficient (Wildman–Crippen LogP) is 3.33. The molecule has 0 saturated heterocycles. The van der Waals surface area contributed by atoms with E-state index in [1.807, 2.05) is 27.7 Å². The minimum atomic E-state index is -2.86. The Morgan fingerprint density at radius 3 is 1.50 bits per heavy atom. The first-order valence-electron chi connectivity index (χ1n) is 10.6. The van der Waals surface area contributed by atoms with Crippen LogP contribution in [-0.2, 0) is 27.5 Å². The Morgan fingerprint density at radius 2 is 1.18 bits per heavy atom. The Labute approximate surface area is 173 Å².